The number of hydrogen-bond acceptors (Lipinski definition) is 1. The lowest BCUT2D eigenvalue weighted by Gasteiger charge is -2.34. The summed E-state index contributed by atoms with van der Waals surface area (Å²) in [6.45, 7) is 6.78. The van der Waals surface area contributed by atoms with Gasteiger partial charge in [-0.3, -0.25) is 0 Å². The Balaban J connectivity index is 2.78. The third kappa shape index (κ3) is 4.54. The van der Waals surface area contributed by atoms with E-state index in [-0.39, 0.29) is 5.41 Å². The maximum Gasteiger partial charge on any atom is 0.119 e. The Hall–Kier alpha value is -0.980. The number of phenols is 1. The van der Waals surface area contributed by atoms with Crippen LogP contribution in [0.1, 0.15) is 84.1 Å². The zero-order chi connectivity index (χ0) is 14.8. The zero-order valence-electron chi connectivity index (χ0n) is 13.6. The van der Waals surface area contributed by atoms with Crippen LogP contribution in [-0.4, -0.2) is 5.11 Å². The van der Waals surface area contributed by atoms with Crippen LogP contribution in [0, 0.1) is 0 Å². The van der Waals surface area contributed by atoms with E-state index in [0.29, 0.717) is 5.75 Å². The Morgan fingerprint density at radius 2 is 1.55 bits per heavy atom. The van der Waals surface area contributed by atoms with Crippen molar-refractivity contribution in [3.8, 4) is 5.75 Å². The van der Waals surface area contributed by atoms with Crippen molar-refractivity contribution in [3.05, 3.63) is 29.8 Å². The first-order valence-corrected chi connectivity index (χ1v) is 8.48. The van der Waals surface area contributed by atoms with Gasteiger partial charge >= 0.3 is 0 Å². The molecule has 0 fully saturated rings. The van der Waals surface area contributed by atoms with Gasteiger partial charge < -0.3 is 5.11 Å². The minimum absolute atomic E-state index is 0.173. The molecule has 0 aliphatic rings. The lowest BCUT2D eigenvalue weighted by molar-refractivity contribution is 0.318. The Morgan fingerprint density at radius 3 is 2.15 bits per heavy atom. The number of unbranched alkanes of at least 4 members (excludes halogenated alkanes) is 4. The Kier molecular flexibility index (Phi) is 7.72. The molecule has 1 N–H and O–H groups in total. The molecule has 1 unspecified atom stereocenters. The second-order valence-corrected chi connectivity index (χ2v) is 6.07. The SMILES string of the molecule is CCCCCCCC(CC)(CCC)c1ccccc1O. The van der Waals surface area contributed by atoms with E-state index < -0.39 is 0 Å². The van der Waals surface area contributed by atoms with E-state index in [2.05, 4.69) is 32.9 Å². The van der Waals surface area contributed by atoms with Gasteiger partial charge in [0.05, 0.1) is 0 Å². The summed E-state index contributed by atoms with van der Waals surface area (Å²) in [4.78, 5) is 0. The van der Waals surface area contributed by atoms with Gasteiger partial charge in [-0.05, 0) is 30.7 Å². The molecule has 0 radical (unpaired) electrons. The van der Waals surface area contributed by atoms with Crippen LogP contribution in [0.15, 0.2) is 24.3 Å². The largest absolute Gasteiger partial charge is 0.508 e. The van der Waals surface area contributed by atoms with Crippen LogP contribution in [0.25, 0.3) is 0 Å². The first-order valence-electron chi connectivity index (χ1n) is 8.48. The molecule has 0 aliphatic heterocycles. The van der Waals surface area contributed by atoms with Crippen LogP contribution in [0.5, 0.6) is 5.75 Å². The second kappa shape index (κ2) is 9.05. The van der Waals surface area contributed by atoms with Crippen LogP contribution in [0.3, 0.4) is 0 Å². The highest BCUT2D eigenvalue weighted by molar-refractivity contribution is 5.38. The maximum atomic E-state index is 10.2. The molecule has 0 bridgehead atoms. The van der Waals surface area contributed by atoms with Gasteiger partial charge in [-0.2, -0.15) is 0 Å². The molecule has 1 heteroatoms. The van der Waals surface area contributed by atoms with Crippen molar-refractivity contribution in [2.24, 2.45) is 0 Å². The van der Waals surface area contributed by atoms with Crippen LogP contribution >= 0.6 is 0 Å². The van der Waals surface area contributed by atoms with Crippen molar-refractivity contribution in [2.75, 3.05) is 0 Å². The summed E-state index contributed by atoms with van der Waals surface area (Å²) in [5.74, 6) is 0.483. The first kappa shape index (κ1) is 17.1. The molecule has 20 heavy (non-hydrogen) atoms. The van der Waals surface area contributed by atoms with Gasteiger partial charge in [-0.25, -0.2) is 0 Å². The van der Waals surface area contributed by atoms with E-state index in [1.54, 1.807) is 0 Å². The number of hydrogen-bond donors (Lipinski definition) is 1. The van der Waals surface area contributed by atoms with Crippen LogP contribution in [-0.2, 0) is 5.41 Å². The summed E-state index contributed by atoms with van der Waals surface area (Å²) < 4.78 is 0. The lowest BCUT2D eigenvalue weighted by atomic mass is 9.70. The Bertz CT molecular complexity index is 372. The van der Waals surface area contributed by atoms with E-state index in [1.807, 2.05) is 12.1 Å². The van der Waals surface area contributed by atoms with Crippen molar-refractivity contribution in [1.29, 1.82) is 0 Å². The van der Waals surface area contributed by atoms with Gasteiger partial charge in [-0.15, -0.1) is 0 Å². The molecular weight excluding hydrogens is 244 g/mol. The fourth-order valence-electron chi connectivity index (χ4n) is 3.41. The highest BCUT2D eigenvalue weighted by Gasteiger charge is 2.31. The molecule has 0 saturated carbocycles. The number of aromatic hydroxyl groups is 1. The lowest BCUT2D eigenvalue weighted by Crippen LogP contribution is -2.25. The molecule has 114 valence electrons. The quantitative estimate of drug-likeness (QED) is 0.504. The van der Waals surface area contributed by atoms with E-state index in [4.69, 9.17) is 0 Å². The number of phenolic OH excluding ortho intramolecular Hbond substituents is 1. The smallest absolute Gasteiger partial charge is 0.119 e. The molecular formula is C19H32O. The summed E-state index contributed by atoms with van der Waals surface area (Å²) in [5.41, 5.74) is 1.34. The molecule has 1 aromatic carbocycles. The molecule has 0 spiro atoms. The summed E-state index contributed by atoms with van der Waals surface area (Å²) in [7, 11) is 0. The van der Waals surface area contributed by atoms with Gasteiger partial charge in [0, 0.05) is 5.56 Å². The molecule has 0 aliphatic carbocycles. The molecule has 1 rings (SSSR count). The van der Waals surface area contributed by atoms with Crippen molar-refractivity contribution in [2.45, 2.75) is 84.0 Å². The molecule has 1 aromatic rings. The molecule has 0 heterocycles. The predicted octanol–water partition coefficient (Wildman–Crippen LogP) is 6.20. The predicted molar refractivity (Wildman–Crippen MR) is 88.4 cm³/mol. The standard InChI is InChI=1S/C19H32O/c1-4-7-8-9-12-16-19(6-3,15-5-2)17-13-10-11-14-18(17)20/h10-11,13-14,20H,4-9,12,15-16H2,1-3H3. The third-order valence-corrected chi connectivity index (χ3v) is 4.64. The van der Waals surface area contributed by atoms with Crippen molar-refractivity contribution in [1.82, 2.24) is 0 Å². The Labute approximate surface area is 125 Å². The third-order valence-electron chi connectivity index (χ3n) is 4.64. The number of rotatable bonds is 10. The summed E-state index contributed by atoms with van der Waals surface area (Å²) >= 11 is 0. The van der Waals surface area contributed by atoms with Gasteiger partial charge in [0.15, 0.2) is 0 Å². The molecule has 1 nitrogen and oxygen atoms in total. The zero-order valence-corrected chi connectivity index (χ0v) is 13.6. The van der Waals surface area contributed by atoms with Gasteiger partial charge in [0.1, 0.15) is 5.75 Å². The average Bonchev–Trinajstić information content (AvgIpc) is 2.46. The van der Waals surface area contributed by atoms with E-state index in [0.717, 1.165) is 6.42 Å². The summed E-state index contributed by atoms with van der Waals surface area (Å²) in [6, 6.07) is 7.95. The second-order valence-electron chi connectivity index (χ2n) is 6.07. The topological polar surface area (TPSA) is 20.2 Å². The highest BCUT2D eigenvalue weighted by atomic mass is 16.3. The fraction of sp³-hybridized carbons (Fsp3) is 0.684. The molecule has 0 amide bonds. The fourth-order valence-corrected chi connectivity index (χ4v) is 3.41. The summed E-state index contributed by atoms with van der Waals surface area (Å²) in [6.07, 6.45) is 11.3. The summed E-state index contributed by atoms with van der Waals surface area (Å²) in [5, 5.41) is 10.2. The van der Waals surface area contributed by atoms with Crippen LogP contribution < -0.4 is 0 Å². The monoisotopic (exact) mass is 276 g/mol. The van der Waals surface area contributed by atoms with E-state index in [1.165, 1.54) is 56.9 Å². The first-order chi connectivity index (χ1) is 9.70. The number of para-hydroxylation sites is 1. The minimum Gasteiger partial charge on any atom is -0.508 e. The van der Waals surface area contributed by atoms with Crippen molar-refractivity contribution >= 4 is 0 Å². The van der Waals surface area contributed by atoms with Gasteiger partial charge in [-0.1, -0.05) is 77.5 Å². The van der Waals surface area contributed by atoms with E-state index in [9.17, 15) is 5.11 Å². The van der Waals surface area contributed by atoms with Crippen molar-refractivity contribution < 1.29 is 5.11 Å². The Morgan fingerprint density at radius 1 is 0.850 bits per heavy atom. The molecule has 0 saturated heterocycles. The van der Waals surface area contributed by atoms with Gasteiger partial charge in [0.2, 0.25) is 0 Å². The maximum absolute atomic E-state index is 10.2. The minimum atomic E-state index is 0.173. The van der Waals surface area contributed by atoms with Crippen LogP contribution in [0.2, 0.25) is 0 Å². The average molecular weight is 276 g/mol. The van der Waals surface area contributed by atoms with Gasteiger partial charge in [0.25, 0.3) is 0 Å². The molecule has 0 aromatic heterocycles. The number of benzene rings is 1. The normalized spacial score (nSPS) is 14.2. The molecule has 1 atom stereocenters. The van der Waals surface area contributed by atoms with Crippen LogP contribution in [0.4, 0.5) is 0 Å². The highest BCUT2D eigenvalue weighted by Crippen LogP contribution is 2.42. The van der Waals surface area contributed by atoms with Crippen molar-refractivity contribution in [3.63, 3.8) is 0 Å². The van der Waals surface area contributed by atoms with E-state index >= 15 is 0 Å².